The van der Waals surface area contributed by atoms with Gasteiger partial charge in [-0.1, -0.05) is 69.9 Å². The molecule has 2 rings (SSSR count). The molecule has 1 aromatic rings. The SMILES string of the molecule is CCCCCN1C(=O)[C@H](CCCC)N(C)C(=O)[C@@H]1Cc1ccccc1. The van der Waals surface area contributed by atoms with Gasteiger partial charge in [-0.2, -0.15) is 0 Å². The molecule has 4 heteroatoms. The Bertz CT molecular complexity index is 558. The van der Waals surface area contributed by atoms with Crippen LogP contribution >= 0.6 is 0 Å². The van der Waals surface area contributed by atoms with E-state index in [1.165, 1.54) is 0 Å². The fraction of sp³-hybridized carbons (Fsp3) is 0.619. The molecule has 4 nitrogen and oxygen atoms in total. The Hall–Kier alpha value is -1.84. The van der Waals surface area contributed by atoms with E-state index in [9.17, 15) is 9.59 Å². The molecule has 0 unspecified atom stereocenters. The summed E-state index contributed by atoms with van der Waals surface area (Å²) in [6, 6.07) is 9.36. The number of nitrogens with zero attached hydrogens (tertiary/aromatic N) is 2. The van der Waals surface area contributed by atoms with Crippen molar-refractivity contribution in [2.45, 2.75) is 70.9 Å². The zero-order valence-electron chi connectivity index (χ0n) is 15.9. The van der Waals surface area contributed by atoms with Crippen molar-refractivity contribution in [2.24, 2.45) is 0 Å². The third-order valence-corrected chi connectivity index (χ3v) is 5.15. The fourth-order valence-electron chi connectivity index (χ4n) is 3.58. The number of hydrogen-bond donors (Lipinski definition) is 0. The second-order valence-electron chi connectivity index (χ2n) is 7.05. The predicted octanol–water partition coefficient (Wildman–Crippen LogP) is 3.65. The Morgan fingerprint density at radius 2 is 1.56 bits per heavy atom. The third-order valence-electron chi connectivity index (χ3n) is 5.15. The summed E-state index contributed by atoms with van der Waals surface area (Å²) in [4.78, 5) is 29.7. The van der Waals surface area contributed by atoms with E-state index < -0.39 is 0 Å². The lowest BCUT2D eigenvalue weighted by Gasteiger charge is -2.44. The van der Waals surface area contributed by atoms with Crippen LogP contribution in [-0.2, 0) is 16.0 Å². The number of benzene rings is 1. The van der Waals surface area contributed by atoms with Gasteiger partial charge in [-0.15, -0.1) is 0 Å². The lowest BCUT2D eigenvalue weighted by atomic mass is 9.95. The van der Waals surface area contributed by atoms with E-state index in [1.807, 2.05) is 35.2 Å². The maximum Gasteiger partial charge on any atom is 0.246 e. The van der Waals surface area contributed by atoms with Crippen LogP contribution in [0.1, 0.15) is 57.9 Å². The quantitative estimate of drug-likeness (QED) is 0.642. The van der Waals surface area contributed by atoms with Gasteiger partial charge in [-0.25, -0.2) is 0 Å². The molecule has 1 aliphatic rings. The first-order chi connectivity index (χ1) is 12.1. The van der Waals surface area contributed by atoms with Gasteiger partial charge in [0.05, 0.1) is 0 Å². The molecule has 1 fully saturated rings. The Morgan fingerprint density at radius 3 is 2.20 bits per heavy atom. The van der Waals surface area contributed by atoms with Gasteiger partial charge in [-0.05, 0) is 18.4 Å². The van der Waals surface area contributed by atoms with Crippen LogP contribution in [0.15, 0.2) is 30.3 Å². The molecule has 1 aliphatic heterocycles. The molecule has 0 aliphatic carbocycles. The Morgan fingerprint density at radius 1 is 0.880 bits per heavy atom. The topological polar surface area (TPSA) is 40.6 Å². The van der Waals surface area contributed by atoms with Crippen molar-refractivity contribution in [1.82, 2.24) is 9.80 Å². The zero-order chi connectivity index (χ0) is 18.2. The molecule has 0 saturated carbocycles. The summed E-state index contributed by atoms with van der Waals surface area (Å²) >= 11 is 0. The van der Waals surface area contributed by atoms with E-state index in [4.69, 9.17) is 0 Å². The summed E-state index contributed by atoms with van der Waals surface area (Å²) in [6.45, 7) is 4.96. The van der Waals surface area contributed by atoms with Gasteiger partial charge in [0, 0.05) is 20.0 Å². The number of hydrogen-bond acceptors (Lipinski definition) is 2. The van der Waals surface area contributed by atoms with E-state index in [0.717, 1.165) is 44.1 Å². The normalized spacial score (nSPS) is 21.1. The van der Waals surface area contributed by atoms with Crippen LogP contribution in [-0.4, -0.2) is 47.3 Å². The molecule has 0 spiro atoms. The third kappa shape index (κ3) is 4.83. The fourth-order valence-corrected chi connectivity index (χ4v) is 3.58. The molecule has 138 valence electrons. The molecule has 25 heavy (non-hydrogen) atoms. The number of likely N-dealkylation sites (N-methyl/N-ethyl adjacent to an activating group) is 1. The van der Waals surface area contributed by atoms with E-state index >= 15 is 0 Å². The largest absolute Gasteiger partial charge is 0.332 e. The molecule has 0 radical (unpaired) electrons. The van der Waals surface area contributed by atoms with Crippen LogP contribution in [0.5, 0.6) is 0 Å². The van der Waals surface area contributed by atoms with E-state index in [1.54, 1.807) is 11.9 Å². The van der Waals surface area contributed by atoms with Gasteiger partial charge in [0.25, 0.3) is 0 Å². The number of unbranched alkanes of at least 4 members (excludes halogenated alkanes) is 3. The summed E-state index contributed by atoms with van der Waals surface area (Å²) in [6.07, 6.45) is 6.53. The monoisotopic (exact) mass is 344 g/mol. The molecule has 1 aromatic carbocycles. The molecule has 0 aromatic heterocycles. The minimum absolute atomic E-state index is 0.0843. The molecule has 1 heterocycles. The lowest BCUT2D eigenvalue weighted by molar-refractivity contribution is -0.160. The second kappa shape index (κ2) is 9.59. The highest BCUT2D eigenvalue weighted by atomic mass is 16.2. The Labute approximate surface area is 152 Å². The Balaban J connectivity index is 2.20. The van der Waals surface area contributed by atoms with E-state index in [2.05, 4.69) is 13.8 Å². The van der Waals surface area contributed by atoms with Gasteiger partial charge in [0.1, 0.15) is 12.1 Å². The minimum atomic E-state index is -0.366. The number of rotatable bonds is 9. The van der Waals surface area contributed by atoms with Crippen molar-refractivity contribution in [1.29, 1.82) is 0 Å². The highest BCUT2D eigenvalue weighted by molar-refractivity contribution is 5.97. The summed E-state index contributed by atoms with van der Waals surface area (Å²) in [5.74, 6) is 0.216. The number of carbonyl (C=O) groups is 2. The van der Waals surface area contributed by atoms with Crippen molar-refractivity contribution in [2.75, 3.05) is 13.6 Å². The lowest BCUT2D eigenvalue weighted by Crippen LogP contribution is -2.64. The summed E-state index contributed by atoms with van der Waals surface area (Å²) in [5, 5.41) is 0. The first-order valence-electron chi connectivity index (χ1n) is 9.71. The van der Waals surface area contributed by atoms with Crippen molar-refractivity contribution in [3.63, 3.8) is 0 Å². The van der Waals surface area contributed by atoms with Crippen LogP contribution in [0.2, 0.25) is 0 Å². The van der Waals surface area contributed by atoms with Crippen LogP contribution in [0, 0.1) is 0 Å². The van der Waals surface area contributed by atoms with E-state index in [0.29, 0.717) is 13.0 Å². The van der Waals surface area contributed by atoms with E-state index in [-0.39, 0.29) is 23.9 Å². The number of amides is 2. The molecule has 1 saturated heterocycles. The maximum atomic E-state index is 13.1. The molecule has 0 N–H and O–H groups in total. The van der Waals surface area contributed by atoms with Gasteiger partial charge in [0.15, 0.2) is 0 Å². The van der Waals surface area contributed by atoms with Gasteiger partial charge >= 0.3 is 0 Å². The number of piperazine rings is 1. The highest BCUT2D eigenvalue weighted by Gasteiger charge is 2.43. The molecule has 2 atom stereocenters. The first-order valence-corrected chi connectivity index (χ1v) is 9.71. The van der Waals surface area contributed by atoms with Gasteiger partial charge in [0.2, 0.25) is 11.8 Å². The smallest absolute Gasteiger partial charge is 0.246 e. The van der Waals surface area contributed by atoms with Crippen molar-refractivity contribution in [3.8, 4) is 0 Å². The highest BCUT2D eigenvalue weighted by Crippen LogP contribution is 2.24. The number of carbonyl (C=O) groups excluding carboxylic acids is 2. The van der Waals surface area contributed by atoms with Gasteiger partial charge in [-0.3, -0.25) is 9.59 Å². The average molecular weight is 344 g/mol. The van der Waals surface area contributed by atoms with Crippen molar-refractivity contribution in [3.05, 3.63) is 35.9 Å². The summed E-state index contributed by atoms with van der Waals surface area (Å²) < 4.78 is 0. The molecule has 0 bridgehead atoms. The van der Waals surface area contributed by atoms with Crippen LogP contribution in [0.4, 0.5) is 0 Å². The van der Waals surface area contributed by atoms with Crippen molar-refractivity contribution < 1.29 is 9.59 Å². The Kier molecular flexibility index (Phi) is 7.48. The zero-order valence-corrected chi connectivity index (χ0v) is 15.9. The molecular weight excluding hydrogens is 312 g/mol. The summed E-state index contributed by atoms with van der Waals surface area (Å²) in [5.41, 5.74) is 1.11. The first kappa shape index (κ1) is 19.5. The van der Waals surface area contributed by atoms with Crippen LogP contribution in [0.3, 0.4) is 0 Å². The molecular formula is C21H32N2O2. The van der Waals surface area contributed by atoms with Crippen LogP contribution in [0.25, 0.3) is 0 Å². The average Bonchev–Trinajstić information content (AvgIpc) is 2.63. The summed E-state index contributed by atoms with van der Waals surface area (Å²) in [7, 11) is 1.79. The standard InChI is InChI=1S/C21H32N2O2/c1-4-6-11-15-23-19(16-17-12-9-8-10-13-17)20(24)22(3)18(21(23)25)14-7-5-2/h8-10,12-13,18-19H,4-7,11,14-16H2,1-3H3/t18-,19-/m0/s1. The maximum absolute atomic E-state index is 13.1. The predicted molar refractivity (Wildman–Crippen MR) is 101 cm³/mol. The van der Waals surface area contributed by atoms with Crippen molar-refractivity contribution >= 4 is 11.8 Å². The van der Waals surface area contributed by atoms with Gasteiger partial charge < -0.3 is 9.80 Å². The second-order valence-corrected chi connectivity index (χ2v) is 7.05. The minimum Gasteiger partial charge on any atom is -0.332 e. The molecule has 2 amide bonds. The van der Waals surface area contributed by atoms with Crippen LogP contribution < -0.4 is 0 Å².